The lowest BCUT2D eigenvalue weighted by molar-refractivity contribution is 0.490. The Hall–Kier alpha value is -0.560. The molecule has 1 aromatic carbocycles. The predicted octanol–water partition coefficient (Wildman–Crippen LogP) is 2.53. The summed E-state index contributed by atoms with van der Waals surface area (Å²) in [6.45, 7) is 5.41. The van der Waals surface area contributed by atoms with E-state index in [2.05, 4.69) is 23.9 Å². The van der Waals surface area contributed by atoms with Crippen LogP contribution in [0.4, 0.5) is 0 Å². The van der Waals surface area contributed by atoms with E-state index >= 15 is 0 Å². The number of sulfonamides is 1. The summed E-state index contributed by atoms with van der Waals surface area (Å²) in [6, 6.07) is 7.30. The molecule has 0 radical (unpaired) electrons. The molecule has 0 spiro atoms. The summed E-state index contributed by atoms with van der Waals surface area (Å²) in [7, 11) is -1.93. The number of thioether (sulfide) groups is 1. The maximum Gasteiger partial charge on any atom is 0.240 e. The average molecular weight is 329 g/mol. The second-order valence-corrected chi connectivity index (χ2v) is 9.35. The summed E-state index contributed by atoms with van der Waals surface area (Å²) in [5.74, 6) is 1.25. The van der Waals surface area contributed by atoms with Crippen LogP contribution in [0.25, 0.3) is 0 Å². The van der Waals surface area contributed by atoms with E-state index in [0.29, 0.717) is 9.64 Å². The van der Waals surface area contributed by atoms with Crippen molar-refractivity contribution in [3.63, 3.8) is 0 Å². The maximum atomic E-state index is 11.7. The highest BCUT2D eigenvalue weighted by atomic mass is 32.2. The van der Waals surface area contributed by atoms with Crippen LogP contribution in [0.15, 0.2) is 29.2 Å². The van der Waals surface area contributed by atoms with Gasteiger partial charge in [-0.1, -0.05) is 12.1 Å². The Morgan fingerprint density at radius 2 is 2.00 bits per heavy atom. The number of nitrogens with one attached hydrogen (secondary N) is 2. The zero-order valence-corrected chi connectivity index (χ0v) is 14.5. The molecule has 1 aromatic rings. The third kappa shape index (κ3) is 4.22. The van der Waals surface area contributed by atoms with Crippen LogP contribution in [0, 0.1) is 0 Å². The number of benzene rings is 1. The summed E-state index contributed by atoms with van der Waals surface area (Å²) in [4.78, 5) is 0.305. The molecule has 1 saturated heterocycles. The van der Waals surface area contributed by atoms with E-state index in [1.54, 1.807) is 12.1 Å². The average Bonchev–Trinajstić information content (AvgIpc) is 2.92. The lowest BCUT2D eigenvalue weighted by Gasteiger charge is -2.26. The fraction of sp³-hybridized carbons (Fsp3) is 0.600. The van der Waals surface area contributed by atoms with Gasteiger partial charge in [-0.05, 0) is 57.2 Å². The molecule has 2 unspecified atom stereocenters. The zero-order valence-electron chi connectivity index (χ0n) is 12.8. The van der Waals surface area contributed by atoms with E-state index in [-0.39, 0.29) is 6.04 Å². The monoisotopic (exact) mass is 328 g/mol. The minimum absolute atomic E-state index is 0.217. The molecule has 1 aliphatic rings. The van der Waals surface area contributed by atoms with Crippen molar-refractivity contribution in [3.05, 3.63) is 29.8 Å². The first-order chi connectivity index (χ1) is 9.86. The van der Waals surface area contributed by atoms with Crippen LogP contribution in [0.3, 0.4) is 0 Å². The molecule has 2 N–H and O–H groups in total. The SMILES string of the molecule is CNS(=O)(=O)c1ccc(C(C)NCC2(C)CCCS2)cc1. The molecule has 1 fully saturated rings. The third-order valence-corrected chi connectivity index (χ3v) is 7.01. The Bertz CT molecular complexity index is 564. The van der Waals surface area contributed by atoms with Gasteiger partial charge in [-0.15, -0.1) is 0 Å². The minimum atomic E-state index is -3.35. The van der Waals surface area contributed by atoms with Crippen molar-refractivity contribution >= 4 is 21.8 Å². The van der Waals surface area contributed by atoms with Crippen LogP contribution in [-0.2, 0) is 10.0 Å². The highest BCUT2D eigenvalue weighted by Crippen LogP contribution is 2.37. The van der Waals surface area contributed by atoms with Gasteiger partial charge in [-0.3, -0.25) is 0 Å². The van der Waals surface area contributed by atoms with Gasteiger partial charge in [-0.2, -0.15) is 11.8 Å². The topological polar surface area (TPSA) is 58.2 Å². The molecule has 0 aromatic heterocycles. The Morgan fingerprint density at radius 1 is 1.33 bits per heavy atom. The molecular formula is C15H24N2O2S2. The van der Waals surface area contributed by atoms with Crippen LogP contribution < -0.4 is 10.0 Å². The van der Waals surface area contributed by atoms with Gasteiger partial charge in [0, 0.05) is 17.3 Å². The fourth-order valence-corrected chi connectivity index (χ4v) is 4.50. The van der Waals surface area contributed by atoms with Crippen molar-refractivity contribution in [1.82, 2.24) is 10.0 Å². The van der Waals surface area contributed by atoms with Crippen LogP contribution in [-0.4, -0.2) is 32.5 Å². The summed E-state index contributed by atoms with van der Waals surface area (Å²) >= 11 is 2.04. The van der Waals surface area contributed by atoms with Gasteiger partial charge in [0.2, 0.25) is 10.0 Å². The normalized spacial score (nSPS) is 24.1. The van der Waals surface area contributed by atoms with E-state index in [0.717, 1.165) is 12.1 Å². The first-order valence-electron chi connectivity index (χ1n) is 7.27. The molecule has 1 heterocycles. The highest BCUT2D eigenvalue weighted by molar-refractivity contribution is 8.00. The molecule has 0 saturated carbocycles. The molecule has 6 heteroatoms. The first kappa shape index (κ1) is 16.8. The van der Waals surface area contributed by atoms with Crippen molar-refractivity contribution in [2.75, 3.05) is 19.3 Å². The van der Waals surface area contributed by atoms with Gasteiger partial charge in [-0.25, -0.2) is 13.1 Å². The molecule has 2 rings (SSSR count). The Kier molecular flexibility index (Phi) is 5.35. The fourth-order valence-electron chi connectivity index (χ4n) is 2.52. The van der Waals surface area contributed by atoms with Crippen LogP contribution in [0.2, 0.25) is 0 Å². The summed E-state index contributed by atoms with van der Waals surface area (Å²) in [5, 5.41) is 3.57. The molecule has 0 amide bonds. The summed E-state index contributed by atoms with van der Waals surface area (Å²) < 4.78 is 26.1. The molecule has 0 aliphatic carbocycles. The van der Waals surface area contributed by atoms with E-state index < -0.39 is 10.0 Å². The van der Waals surface area contributed by atoms with E-state index in [1.165, 1.54) is 25.6 Å². The molecule has 21 heavy (non-hydrogen) atoms. The molecule has 1 aliphatic heterocycles. The Balaban J connectivity index is 1.98. The van der Waals surface area contributed by atoms with E-state index in [1.807, 2.05) is 23.9 Å². The molecular weight excluding hydrogens is 304 g/mol. The molecule has 0 bridgehead atoms. The summed E-state index contributed by atoms with van der Waals surface area (Å²) in [6.07, 6.45) is 2.56. The minimum Gasteiger partial charge on any atom is -0.309 e. The van der Waals surface area contributed by atoms with E-state index in [4.69, 9.17) is 0 Å². The number of rotatable bonds is 6. The van der Waals surface area contributed by atoms with Crippen molar-refractivity contribution in [2.24, 2.45) is 0 Å². The van der Waals surface area contributed by atoms with Crippen molar-refractivity contribution in [2.45, 2.75) is 42.4 Å². The number of hydrogen-bond donors (Lipinski definition) is 2. The number of hydrogen-bond acceptors (Lipinski definition) is 4. The third-order valence-electron chi connectivity index (χ3n) is 4.04. The van der Waals surface area contributed by atoms with Gasteiger partial charge in [0.1, 0.15) is 0 Å². The molecule has 2 atom stereocenters. The Labute approximate surface area is 132 Å². The maximum absolute atomic E-state index is 11.7. The van der Waals surface area contributed by atoms with Crippen LogP contribution in [0.1, 0.15) is 38.3 Å². The van der Waals surface area contributed by atoms with Crippen molar-refractivity contribution < 1.29 is 8.42 Å². The van der Waals surface area contributed by atoms with Crippen molar-refractivity contribution in [3.8, 4) is 0 Å². The second-order valence-electron chi connectivity index (χ2n) is 5.78. The lowest BCUT2D eigenvalue weighted by atomic mass is 10.0. The Morgan fingerprint density at radius 3 is 2.52 bits per heavy atom. The van der Waals surface area contributed by atoms with Gasteiger partial charge >= 0.3 is 0 Å². The zero-order chi connectivity index (χ0) is 15.5. The quantitative estimate of drug-likeness (QED) is 0.842. The predicted molar refractivity (Wildman–Crippen MR) is 89.2 cm³/mol. The standard InChI is InChI=1S/C15H24N2O2S2/c1-12(17-11-15(2)9-4-10-20-15)13-5-7-14(8-6-13)21(18,19)16-3/h5-8,12,16-17H,4,9-11H2,1-3H3. The second kappa shape index (κ2) is 6.69. The highest BCUT2D eigenvalue weighted by Gasteiger charge is 2.29. The van der Waals surface area contributed by atoms with Gasteiger partial charge in [0.25, 0.3) is 0 Å². The molecule has 4 nitrogen and oxygen atoms in total. The van der Waals surface area contributed by atoms with Crippen molar-refractivity contribution in [1.29, 1.82) is 0 Å². The van der Waals surface area contributed by atoms with Gasteiger partial charge in [0.15, 0.2) is 0 Å². The van der Waals surface area contributed by atoms with Gasteiger partial charge in [0.05, 0.1) is 4.90 Å². The van der Waals surface area contributed by atoms with Gasteiger partial charge < -0.3 is 5.32 Å². The lowest BCUT2D eigenvalue weighted by Crippen LogP contribution is -2.34. The van der Waals surface area contributed by atoms with E-state index in [9.17, 15) is 8.42 Å². The first-order valence-corrected chi connectivity index (χ1v) is 9.74. The smallest absolute Gasteiger partial charge is 0.240 e. The summed E-state index contributed by atoms with van der Waals surface area (Å²) in [5.41, 5.74) is 1.11. The largest absolute Gasteiger partial charge is 0.309 e. The molecule has 118 valence electrons. The van der Waals surface area contributed by atoms with Crippen LogP contribution >= 0.6 is 11.8 Å². The van der Waals surface area contributed by atoms with Crippen LogP contribution in [0.5, 0.6) is 0 Å².